The summed E-state index contributed by atoms with van der Waals surface area (Å²) in [5, 5.41) is 4.27. The van der Waals surface area contributed by atoms with Crippen LogP contribution < -0.4 is 15.6 Å². The van der Waals surface area contributed by atoms with Crippen LogP contribution in [0.1, 0.15) is 0 Å². The zero-order chi connectivity index (χ0) is 15.5. The van der Waals surface area contributed by atoms with Gasteiger partial charge >= 0.3 is 0 Å². The summed E-state index contributed by atoms with van der Waals surface area (Å²) in [5.41, 5.74) is 0. The van der Waals surface area contributed by atoms with Gasteiger partial charge in [0.15, 0.2) is 0 Å². The van der Waals surface area contributed by atoms with Gasteiger partial charge < -0.3 is 0 Å². The molecule has 0 aliphatic carbocycles. The Labute approximate surface area is 157 Å². The maximum atomic E-state index is 3.53. The van der Waals surface area contributed by atoms with Crippen molar-refractivity contribution in [2.24, 2.45) is 0 Å². The molecule has 3 aromatic rings. The Kier molecular flexibility index (Phi) is 5.34. The van der Waals surface area contributed by atoms with Crippen molar-refractivity contribution >= 4 is 72.1 Å². The summed E-state index contributed by atoms with van der Waals surface area (Å²) in [6, 6.07) is 26.2. The molecule has 0 spiro atoms. The van der Waals surface area contributed by atoms with E-state index >= 15 is 0 Å². The molecule has 0 N–H and O–H groups in total. The lowest BCUT2D eigenvalue weighted by Crippen LogP contribution is -2.51. The van der Waals surface area contributed by atoms with E-state index in [0.29, 0.717) is 0 Å². The summed E-state index contributed by atoms with van der Waals surface area (Å²) in [5.74, 6) is 0. The van der Waals surface area contributed by atoms with E-state index in [1.807, 2.05) is 0 Å². The zero-order valence-corrected chi connectivity index (χ0v) is 17.6. The Balaban J connectivity index is 2.10. The predicted molar refractivity (Wildman–Crippen MR) is 108 cm³/mol. The number of rotatable bonds is 3. The SMILES string of the molecule is Brc1ccc([SiH](c2ccc(Br)cc2)c2ccc(Br)cc2)cc1. The van der Waals surface area contributed by atoms with Gasteiger partial charge in [-0.3, -0.25) is 0 Å². The van der Waals surface area contributed by atoms with Gasteiger partial charge in [-0.25, -0.2) is 0 Å². The van der Waals surface area contributed by atoms with Crippen LogP contribution in [0.25, 0.3) is 0 Å². The molecule has 22 heavy (non-hydrogen) atoms. The second kappa shape index (κ2) is 7.26. The van der Waals surface area contributed by atoms with Gasteiger partial charge in [-0.05, 0) is 36.4 Å². The third-order valence-corrected chi connectivity index (χ3v) is 8.35. The van der Waals surface area contributed by atoms with Gasteiger partial charge in [0.25, 0.3) is 0 Å². The second-order valence-corrected chi connectivity index (χ2v) is 10.7. The fourth-order valence-corrected chi connectivity index (χ4v) is 6.22. The fourth-order valence-electron chi connectivity index (χ4n) is 2.54. The van der Waals surface area contributed by atoms with Crippen molar-refractivity contribution in [2.75, 3.05) is 0 Å². The molecule has 4 heteroatoms. The average molecular weight is 497 g/mol. The van der Waals surface area contributed by atoms with E-state index < -0.39 is 8.80 Å². The van der Waals surface area contributed by atoms with Crippen molar-refractivity contribution in [3.63, 3.8) is 0 Å². The van der Waals surface area contributed by atoms with Crippen molar-refractivity contribution in [3.8, 4) is 0 Å². The summed E-state index contributed by atoms with van der Waals surface area (Å²) in [7, 11) is -1.43. The standard InChI is InChI=1S/C18H13Br3Si/c19-13-1-7-16(8-2-13)22(17-9-3-14(20)4-10-17)18-11-5-15(21)6-12-18/h1-12,22H. The summed E-state index contributed by atoms with van der Waals surface area (Å²) in [4.78, 5) is 0. The minimum atomic E-state index is -1.43. The second-order valence-electron chi connectivity index (χ2n) is 5.09. The quantitative estimate of drug-likeness (QED) is 0.376. The Morgan fingerprint density at radius 2 is 0.636 bits per heavy atom. The van der Waals surface area contributed by atoms with Gasteiger partial charge in [-0.1, -0.05) is 99.7 Å². The molecule has 0 unspecified atom stereocenters. The van der Waals surface area contributed by atoms with E-state index in [0.717, 1.165) is 13.4 Å². The van der Waals surface area contributed by atoms with Crippen LogP contribution >= 0.6 is 47.8 Å². The molecule has 110 valence electrons. The molecule has 0 saturated heterocycles. The highest BCUT2D eigenvalue weighted by molar-refractivity contribution is 9.11. The van der Waals surface area contributed by atoms with E-state index in [2.05, 4.69) is 121 Å². The first kappa shape index (κ1) is 16.2. The molecule has 0 heterocycles. The molecule has 0 radical (unpaired) electrons. The van der Waals surface area contributed by atoms with Crippen molar-refractivity contribution < 1.29 is 0 Å². The molecule has 0 saturated carbocycles. The molecule has 0 atom stereocenters. The zero-order valence-electron chi connectivity index (χ0n) is 11.6. The van der Waals surface area contributed by atoms with E-state index in [9.17, 15) is 0 Å². The van der Waals surface area contributed by atoms with E-state index in [4.69, 9.17) is 0 Å². The van der Waals surface area contributed by atoms with E-state index in [1.165, 1.54) is 15.6 Å². The van der Waals surface area contributed by atoms with E-state index in [-0.39, 0.29) is 0 Å². The van der Waals surface area contributed by atoms with Gasteiger partial charge in [-0.15, -0.1) is 0 Å². The Hall–Kier alpha value is -0.683. The Morgan fingerprint density at radius 1 is 0.409 bits per heavy atom. The van der Waals surface area contributed by atoms with Crippen LogP contribution in [0.5, 0.6) is 0 Å². The van der Waals surface area contributed by atoms with Gasteiger partial charge in [-0.2, -0.15) is 0 Å². The first-order valence-corrected chi connectivity index (χ1v) is 11.0. The lowest BCUT2D eigenvalue weighted by Gasteiger charge is -2.17. The molecule has 0 aliphatic rings. The van der Waals surface area contributed by atoms with Crippen molar-refractivity contribution in [1.82, 2.24) is 0 Å². The Bertz CT molecular complexity index is 642. The maximum Gasteiger partial charge on any atom is 0.132 e. The van der Waals surface area contributed by atoms with Crippen molar-refractivity contribution in [3.05, 3.63) is 86.2 Å². The molecule has 3 rings (SSSR count). The molecular formula is C18H13Br3Si. The summed E-state index contributed by atoms with van der Waals surface area (Å²) < 4.78 is 3.36. The summed E-state index contributed by atoms with van der Waals surface area (Å²) in [6.07, 6.45) is 0. The molecule has 0 fully saturated rings. The van der Waals surface area contributed by atoms with Crippen LogP contribution in [-0.2, 0) is 0 Å². The molecule has 0 bridgehead atoms. The van der Waals surface area contributed by atoms with Gasteiger partial charge in [0.1, 0.15) is 8.80 Å². The fraction of sp³-hybridized carbons (Fsp3) is 0. The van der Waals surface area contributed by atoms with Gasteiger partial charge in [0.2, 0.25) is 0 Å². The third kappa shape index (κ3) is 3.80. The molecule has 3 aromatic carbocycles. The number of hydrogen-bond donors (Lipinski definition) is 0. The van der Waals surface area contributed by atoms with Crippen LogP contribution in [0.15, 0.2) is 86.2 Å². The average Bonchev–Trinajstić information content (AvgIpc) is 2.53. The van der Waals surface area contributed by atoms with Crippen LogP contribution in [0.4, 0.5) is 0 Å². The van der Waals surface area contributed by atoms with Crippen molar-refractivity contribution in [1.29, 1.82) is 0 Å². The molecular weight excluding hydrogens is 484 g/mol. The normalized spacial score (nSPS) is 10.9. The van der Waals surface area contributed by atoms with Crippen molar-refractivity contribution in [2.45, 2.75) is 0 Å². The van der Waals surface area contributed by atoms with Crippen LogP contribution in [0, 0.1) is 0 Å². The molecule has 0 aromatic heterocycles. The molecule has 0 nitrogen and oxygen atoms in total. The predicted octanol–water partition coefficient (Wildman–Crippen LogP) is 4.22. The minimum Gasteiger partial charge on any atom is -0.0614 e. The third-order valence-electron chi connectivity index (χ3n) is 3.61. The maximum absolute atomic E-state index is 3.53. The smallest absolute Gasteiger partial charge is 0.0614 e. The molecule has 0 aliphatic heterocycles. The minimum absolute atomic E-state index is 1.12. The Morgan fingerprint density at radius 3 is 0.864 bits per heavy atom. The molecule has 0 amide bonds. The topological polar surface area (TPSA) is 0 Å². The highest BCUT2D eigenvalue weighted by atomic mass is 79.9. The number of hydrogen-bond acceptors (Lipinski definition) is 0. The van der Waals surface area contributed by atoms with Gasteiger partial charge in [0, 0.05) is 13.4 Å². The van der Waals surface area contributed by atoms with Crippen LogP contribution in [0.3, 0.4) is 0 Å². The first-order chi connectivity index (χ1) is 10.6. The lowest BCUT2D eigenvalue weighted by molar-refractivity contribution is 1.65. The van der Waals surface area contributed by atoms with Gasteiger partial charge in [0.05, 0.1) is 0 Å². The largest absolute Gasteiger partial charge is 0.132 e. The highest BCUT2D eigenvalue weighted by Gasteiger charge is 2.18. The highest BCUT2D eigenvalue weighted by Crippen LogP contribution is 2.10. The summed E-state index contributed by atoms with van der Waals surface area (Å²) >= 11 is 10.6. The van der Waals surface area contributed by atoms with Crippen LogP contribution in [-0.4, -0.2) is 8.80 Å². The summed E-state index contributed by atoms with van der Waals surface area (Å²) in [6.45, 7) is 0. The lowest BCUT2D eigenvalue weighted by atomic mass is 10.3. The monoisotopic (exact) mass is 494 g/mol. The number of benzene rings is 3. The first-order valence-electron chi connectivity index (χ1n) is 6.90. The number of halogens is 3. The van der Waals surface area contributed by atoms with E-state index in [1.54, 1.807) is 0 Å². The van der Waals surface area contributed by atoms with Crippen LogP contribution in [0.2, 0.25) is 0 Å².